The lowest BCUT2D eigenvalue weighted by atomic mass is 9.80. The number of methoxy groups -OCH3 is 1. The lowest BCUT2D eigenvalue weighted by Gasteiger charge is -2.22. The summed E-state index contributed by atoms with van der Waals surface area (Å²) in [6, 6.07) is 0. The fraction of sp³-hybridized carbons (Fsp3) is 0.500. The van der Waals surface area contributed by atoms with Crippen LogP contribution in [0.3, 0.4) is 0 Å². The molecule has 22 heavy (non-hydrogen) atoms. The number of esters is 1. The van der Waals surface area contributed by atoms with Crippen molar-refractivity contribution in [3.05, 3.63) is 42.5 Å². The van der Waals surface area contributed by atoms with Crippen LogP contribution in [0, 0.1) is 34.1 Å². The summed E-state index contributed by atoms with van der Waals surface area (Å²) in [7, 11) is 1.12. The molecular formula is C14H18N2O6. The van der Waals surface area contributed by atoms with Gasteiger partial charge < -0.3 is 4.74 Å². The summed E-state index contributed by atoms with van der Waals surface area (Å²) in [6.07, 6.45) is 0. The van der Waals surface area contributed by atoms with Crippen LogP contribution in [0.5, 0.6) is 0 Å². The molecule has 1 aromatic carbocycles. The molecule has 0 fully saturated rings. The lowest BCUT2D eigenvalue weighted by molar-refractivity contribution is -0.397. The second kappa shape index (κ2) is 5.70. The third-order valence-electron chi connectivity index (χ3n) is 3.44. The van der Waals surface area contributed by atoms with Gasteiger partial charge in [0.1, 0.15) is 5.56 Å². The quantitative estimate of drug-likeness (QED) is 0.481. The van der Waals surface area contributed by atoms with E-state index in [0.717, 1.165) is 7.11 Å². The van der Waals surface area contributed by atoms with Crippen LogP contribution in [0.1, 0.15) is 47.8 Å². The maximum Gasteiger partial charge on any atom is 0.338 e. The number of ether oxygens (including phenoxy) is 1. The smallest absolute Gasteiger partial charge is 0.338 e. The number of carbonyl (C=O) groups excluding carboxylic acids is 1. The summed E-state index contributed by atoms with van der Waals surface area (Å²) in [4.78, 5) is 33.5. The Kier molecular flexibility index (Phi) is 4.55. The van der Waals surface area contributed by atoms with Gasteiger partial charge in [0, 0.05) is 16.5 Å². The van der Waals surface area contributed by atoms with E-state index in [-0.39, 0.29) is 22.3 Å². The number of nitrogens with zero attached hydrogens (tertiary/aromatic N) is 2. The molecular weight excluding hydrogens is 292 g/mol. The molecule has 0 heterocycles. The van der Waals surface area contributed by atoms with Crippen molar-refractivity contribution in [1.29, 1.82) is 0 Å². The highest BCUT2D eigenvalue weighted by Gasteiger charge is 2.40. The average Bonchev–Trinajstić information content (AvgIpc) is 2.35. The standard InChI is InChI=1S/C14H18N2O6/c1-7-9(13(17)22-6)8(2)12(16(20)21)10(14(3,4)5)11(7)15(18)19/h1-6H3. The van der Waals surface area contributed by atoms with E-state index < -0.39 is 32.6 Å². The van der Waals surface area contributed by atoms with E-state index in [1.54, 1.807) is 20.8 Å². The van der Waals surface area contributed by atoms with Gasteiger partial charge in [0.2, 0.25) is 0 Å². The third kappa shape index (κ3) is 2.76. The Morgan fingerprint density at radius 2 is 1.36 bits per heavy atom. The molecule has 0 unspecified atom stereocenters. The predicted molar refractivity (Wildman–Crippen MR) is 79.3 cm³/mol. The SMILES string of the molecule is COC(=O)c1c(C)c([N+](=O)[O-])c(C(C)(C)C)c([N+](=O)[O-])c1C. The number of nitro benzene ring substituents is 2. The van der Waals surface area contributed by atoms with Gasteiger partial charge in [-0.15, -0.1) is 0 Å². The summed E-state index contributed by atoms with van der Waals surface area (Å²) < 4.78 is 4.61. The Labute approximate surface area is 127 Å². The molecule has 8 heteroatoms. The Hall–Kier alpha value is -2.51. The molecule has 8 nitrogen and oxygen atoms in total. The maximum atomic E-state index is 11.9. The number of nitro groups is 2. The van der Waals surface area contributed by atoms with Gasteiger partial charge in [-0.25, -0.2) is 4.79 Å². The van der Waals surface area contributed by atoms with Crippen molar-refractivity contribution in [3.63, 3.8) is 0 Å². The van der Waals surface area contributed by atoms with Gasteiger partial charge in [0.05, 0.1) is 22.5 Å². The van der Waals surface area contributed by atoms with E-state index in [9.17, 15) is 25.0 Å². The molecule has 0 aliphatic carbocycles. The van der Waals surface area contributed by atoms with Crippen molar-refractivity contribution in [2.45, 2.75) is 40.0 Å². The van der Waals surface area contributed by atoms with Gasteiger partial charge in [0.15, 0.2) is 0 Å². The van der Waals surface area contributed by atoms with Crippen molar-refractivity contribution < 1.29 is 19.4 Å². The summed E-state index contributed by atoms with van der Waals surface area (Å²) >= 11 is 0. The molecule has 0 aliphatic rings. The van der Waals surface area contributed by atoms with Crippen LogP contribution < -0.4 is 0 Å². The molecule has 0 N–H and O–H groups in total. The minimum Gasteiger partial charge on any atom is -0.465 e. The van der Waals surface area contributed by atoms with E-state index in [4.69, 9.17) is 0 Å². The lowest BCUT2D eigenvalue weighted by Crippen LogP contribution is -2.21. The first-order chi connectivity index (χ1) is 9.95. The van der Waals surface area contributed by atoms with E-state index >= 15 is 0 Å². The van der Waals surface area contributed by atoms with Crippen LogP contribution in [0.2, 0.25) is 0 Å². The number of hydrogen-bond acceptors (Lipinski definition) is 6. The van der Waals surface area contributed by atoms with Gasteiger partial charge in [-0.05, 0) is 13.8 Å². The second-order valence-corrected chi connectivity index (χ2v) is 5.95. The predicted octanol–water partition coefficient (Wildman–Crippen LogP) is 3.20. The number of benzene rings is 1. The van der Waals surface area contributed by atoms with E-state index in [2.05, 4.69) is 4.74 Å². The summed E-state index contributed by atoms with van der Waals surface area (Å²) in [6.45, 7) is 7.75. The van der Waals surface area contributed by atoms with Crippen molar-refractivity contribution in [3.8, 4) is 0 Å². The average molecular weight is 310 g/mol. The van der Waals surface area contributed by atoms with Crippen LogP contribution in [-0.2, 0) is 10.2 Å². The van der Waals surface area contributed by atoms with Gasteiger partial charge >= 0.3 is 5.97 Å². The fourth-order valence-corrected chi connectivity index (χ4v) is 2.58. The zero-order valence-corrected chi connectivity index (χ0v) is 13.3. The molecule has 0 bridgehead atoms. The van der Waals surface area contributed by atoms with E-state index in [1.165, 1.54) is 13.8 Å². The molecule has 0 saturated carbocycles. The molecule has 0 aromatic heterocycles. The Morgan fingerprint density at radius 1 is 1.00 bits per heavy atom. The summed E-state index contributed by atoms with van der Waals surface area (Å²) in [5.41, 5.74) is -1.64. The topological polar surface area (TPSA) is 113 Å². The first-order valence-electron chi connectivity index (χ1n) is 6.49. The van der Waals surface area contributed by atoms with Crippen molar-refractivity contribution in [2.75, 3.05) is 7.11 Å². The molecule has 0 saturated heterocycles. The fourth-order valence-electron chi connectivity index (χ4n) is 2.58. The molecule has 0 atom stereocenters. The maximum absolute atomic E-state index is 11.9. The molecule has 1 aromatic rings. The van der Waals surface area contributed by atoms with Crippen LogP contribution in [-0.4, -0.2) is 22.9 Å². The minimum atomic E-state index is -0.838. The van der Waals surface area contributed by atoms with Gasteiger partial charge in [-0.2, -0.15) is 0 Å². The highest BCUT2D eigenvalue weighted by Crippen LogP contribution is 2.44. The van der Waals surface area contributed by atoms with Crippen molar-refractivity contribution >= 4 is 17.3 Å². The number of carbonyl (C=O) groups is 1. The van der Waals surface area contributed by atoms with Gasteiger partial charge in [0.25, 0.3) is 11.4 Å². The zero-order chi connectivity index (χ0) is 17.4. The highest BCUT2D eigenvalue weighted by atomic mass is 16.6. The van der Waals surface area contributed by atoms with Crippen molar-refractivity contribution in [2.24, 2.45) is 0 Å². The van der Waals surface area contributed by atoms with Crippen LogP contribution in [0.25, 0.3) is 0 Å². The summed E-state index contributed by atoms with van der Waals surface area (Å²) in [5, 5.41) is 22.9. The number of hydrogen-bond donors (Lipinski definition) is 0. The normalized spacial score (nSPS) is 11.2. The number of rotatable bonds is 3. The zero-order valence-electron chi connectivity index (χ0n) is 13.3. The van der Waals surface area contributed by atoms with Gasteiger partial charge in [-0.3, -0.25) is 20.2 Å². The molecule has 0 spiro atoms. The Balaban J connectivity index is 4.14. The van der Waals surface area contributed by atoms with Crippen molar-refractivity contribution in [1.82, 2.24) is 0 Å². The van der Waals surface area contributed by atoms with E-state index in [1.807, 2.05) is 0 Å². The first kappa shape index (κ1) is 17.5. The molecule has 1 rings (SSSR count). The Morgan fingerprint density at radius 3 is 1.59 bits per heavy atom. The molecule has 0 aliphatic heterocycles. The van der Waals surface area contributed by atoms with Crippen LogP contribution in [0.4, 0.5) is 11.4 Å². The van der Waals surface area contributed by atoms with Crippen LogP contribution >= 0.6 is 0 Å². The molecule has 0 amide bonds. The highest BCUT2D eigenvalue weighted by molar-refractivity contribution is 5.96. The third-order valence-corrected chi connectivity index (χ3v) is 3.44. The molecule has 0 radical (unpaired) electrons. The minimum absolute atomic E-state index is 0.00477. The largest absolute Gasteiger partial charge is 0.465 e. The summed E-state index contributed by atoms with van der Waals surface area (Å²) in [5.74, 6) is -0.832. The Bertz CT molecular complexity index is 632. The van der Waals surface area contributed by atoms with E-state index in [0.29, 0.717) is 0 Å². The first-order valence-corrected chi connectivity index (χ1v) is 6.49. The second-order valence-electron chi connectivity index (χ2n) is 5.95. The monoisotopic (exact) mass is 310 g/mol. The van der Waals surface area contributed by atoms with Gasteiger partial charge in [-0.1, -0.05) is 20.8 Å². The van der Waals surface area contributed by atoms with Crippen LogP contribution in [0.15, 0.2) is 0 Å². The molecule has 120 valence electrons.